The van der Waals surface area contributed by atoms with Gasteiger partial charge in [0.1, 0.15) is 5.82 Å². The van der Waals surface area contributed by atoms with Crippen molar-refractivity contribution in [1.29, 1.82) is 0 Å². The van der Waals surface area contributed by atoms with Crippen LogP contribution >= 0.6 is 11.6 Å². The second kappa shape index (κ2) is 6.70. The Morgan fingerprint density at radius 1 is 0.962 bits per heavy atom. The van der Waals surface area contributed by atoms with Gasteiger partial charge in [-0.15, -0.1) is 0 Å². The van der Waals surface area contributed by atoms with Crippen LogP contribution in [0.3, 0.4) is 0 Å². The predicted octanol–water partition coefficient (Wildman–Crippen LogP) is 2.79. The van der Waals surface area contributed by atoms with Gasteiger partial charge in [-0.2, -0.15) is 0 Å². The van der Waals surface area contributed by atoms with Crippen LogP contribution in [0, 0.1) is 5.82 Å². The smallest absolute Gasteiger partial charge is 0.300 e. The SMILES string of the molecule is O=C1C(=O)N(CN2CCN(c3ccc(F)cc3)CC2)c2ccc(Cl)cc21. The van der Waals surface area contributed by atoms with Gasteiger partial charge in [0, 0.05) is 36.9 Å². The van der Waals surface area contributed by atoms with Crippen molar-refractivity contribution in [2.75, 3.05) is 42.6 Å². The molecule has 4 rings (SSSR count). The van der Waals surface area contributed by atoms with Crippen molar-refractivity contribution in [2.45, 2.75) is 0 Å². The molecule has 0 unspecified atom stereocenters. The summed E-state index contributed by atoms with van der Waals surface area (Å²) in [5.74, 6) is -1.26. The fourth-order valence-electron chi connectivity index (χ4n) is 3.41. The van der Waals surface area contributed by atoms with E-state index in [2.05, 4.69) is 9.80 Å². The highest BCUT2D eigenvalue weighted by Gasteiger charge is 2.37. The minimum absolute atomic E-state index is 0.247. The van der Waals surface area contributed by atoms with Crippen molar-refractivity contribution in [2.24, 2.45) is 0 Å². The summed E-state index contributed by atoms with van der Waals surface area (Å²) in [6.45, 7) is 3.41. The molecule has 1 amide bonds. The molecule has 2 aliphatic heterocycles. The van der Waals surface area contributed by atoms with E-state index >= 15 is 0 Å². The molecule has 0 bridgehead atoms. The molecule has 2 heterocycles. The summed E-state index contributed by atoms with van der Waals surface area (Å²) < 4.78 is 13.1. The Morgan fingerprint density at radius 2 is 1.65 bits per heavy atom. The molecule has 26 heavy (non-hydrogen) atoms. The highest BCUT2D eigenvalue weighted by Crippen LogP contribution is 2.31. The van der Waals surface area contributed by atoms with E-state index in [4.69, 9.17) is 11.6 Å². The van der Waals surface area contributed by atoms with Crippen LogP contribution in [0.5, 0.6) is 0 Å². The fourth-order valence-corrected chi connectivity index (χ4v) is 3.58. The number of rotatable bonds is 3. The summed E-state index contributed by atoms with van der Waals surface area (Å²) in [5.41, 5.74) is 1.97. The van der Waals surface area contributed by atoms with Crippen molar-refractivity contribution in [1.82, 2.24) is 4.90 Å². The van der Waals surface area contributed by atoms with E-state index in [1.165, 1.54) is 17.0 Å². The standard InChI is InChI=1S/C19H17ClFN3O2/c20-13-1-6-17-16(11-13)18(25)19(26)24(17)12-22-7-9-23(10-8-22)15-4-2-14(21)3-5-15/h1-6,11H,7-10,12H2. The van der Waals surface area contributed by atoms with E-state index in [-0.39, 0.29) is 5.82 Å². The summed E-state index contributed by atoms with van der Waals surface area (Å²) in [5, 5.41) is 0.444. The first-order valence-corrected chi connectivity index (χ1v) is 8.79. The lowest BCUT2D eigenvalue weighted by molar-refractivity contribution is -0.114. The van der Waals surface area contributed by atoms with Gasteiger partial charge in [-0.3, -0.25) is 19.4 Å². The third-order valence-corrected chi connectivity index (χ3v) is 5.07. The van der Waals surface area contributed by atoms with Gasteiger partial charge in [-0.1, -0.05) is 11.6 Å². The Balaban J connectivity index is 1.43. The summed E-state index contributed by atoms with van der Waals surface area (Å²) >= 11 is 5.94. The van der Waals surface area contributed by atoms with Crippen molar-refractivity contribution < 1.29 is 14.0 Å². The lowest BCUT2D eigenvalue weighted by Gasteiger charge is -2.37. The fraction of sp³-hybridized carbons (Fsp3) is 0.263. The number of piperazine rings is 1. The highest BCUT2D eigenvalue weighted by molar-refractivity contribution is 6.52. The first-order valence-electron chi connectivity index (χ1n) is 8.41. The second-order valence-electron chi connectivity index (χ2n) is 6.45. The van der Waals surface area contributed by atoms with Crippen LogP contribution in [0.1, 0.15) is 10.4 Å². The molecule has 0 radical (unpaired) electrons. The average Bonchev–Trinajstić information content (AvgIpc) is 2.88. The zero-order valence-electron chi connectivity index (χ0n) is 14.0. The van der Waals surface area contributed by atoms with E-state index in [1.54, 1.807) is 30.3 Å². The molecule has 5 nitrogen and oxygen atoms in total. The number of nitrogens with zero attached hydrogens (tertiary/aromatic N) is 3. The van der Waals surface area contributed by atoms with Gasteiger partial charge in [0.05, 0.1) is 17.9 Å². The van der Waals surface area contributed by atoms with Crippen LogP contribution in [-0.4, -0.2) is 49.4 Å². The number of carbonyl (C=O) groups is 2. The number of benzene rings is 2. The Morgan fingerprint density at radius 3 is 2.35 bits per heavy atom. The van der Waals surface area contributed by atoms with E-state index < -0.39 is 11.7 Å². The molecule has 1 fully saturated rings. The van der Waals surface area contributed by atoms with Crippen molar-refractivity contribution in [3.8, 4) is 0 Å². The van der Waals surface area contributed by atoms with Crippen LogP contribution in [0.4, 0.5) is 15.8 Å². The molecule has 1 saturated heterocycles. The minimum atomic E-state index is -0.511. The number of hydrogen-bond acceptors (Lipinski definition) is 4. The molecule has 0 N–H and O–H groups in total. The lowest BCUT2D eigenvalue weighted by Crippen LogP contribution is -2.51. The molecule has 0 spiro atoms. The minimum Gasteiger partial charge on any atom is -0.369 e. The molecule has 2 aromatic carbocycles. The van der Waals surface area contributed by atoms with Crippen molar-refractivity contribution >= 4 is 34.7 Å². The first kappa shape index (κ1) is 17.0. The van der Waals surface area contributed by atoms with Gasteiger partial charge < -0.3 is 4.90 Å². The van der Waals surface area contributed by atoms with Crippen LogP contribution in [0.15, 0.2) is 42.5 Å². The Labute approximate surface area is 155 Å². The van der Waals surface area contributed by atoms with Crippen LogP contribution in [0.25, 0.3) is 0 Å². The third kappa shape index (κ3) is 3.06. The molecule has 0 aromatic heterocycles. The number of amides is 1. The second-order valence-corrected chi connectivity index (χ2v) is 6.88. The highest BCUT2D eigenvalue weighted by atomic mass is 35.5. The molecule has 0 saturated carbocycles. The number of fused-ring (bicyclic) bond motifs is 1. The van der Waals surface area contributed by atoms with Gasteiger partial charge >= 0.3 is 5.91 Å². The maximum absolute atomic E-state index is 13.1. The Hall–Kier alpha value is -2.44. The van der Waals surface area contributed by atoms with E-state index in [0.717, 1.165) is 31.9 Å². The monoisotopic (exact) mass is 373 g/mol. The normalized spacial score (nSPS) is 17.8. The largest absolute Gasteiger partial charge is 0.369 e. The van der Waals surface area contributed by atoms with Crippen molar-refractivity contribution in [3.63, 3.8) is 0 Å². The predicted molar refractivity (Wildman–Crippen MR) is 98.3 cm³/mol. The molecule has 0 aliphatic carbocycles. The molecular formula is C19H17ClFN3O2. The third-order valence-electron chi connectivity index (χ3n) is 4.84. The molecule has 2 aromatic rings. The van der Waals surface area contributed by atoms with E-state index in [0.29, 0.717) is 22.9 Å². The number of Topliss-reactive ketones (excluding diaryl/α,β-unsaturated/α-hetero) is 1. The summed E-state index contributed by atoms with van der Waals surface area (Å²) in [6, 6.07) is 11.4. The van der Waals surface area contributed by atoms with Gasteiger partial charge in [0.15, 0.2) is 0 Å². The summed E-state index contributed by atoms with van der Waals surface area (Å²) in [7, 11) is 0. The zero-order valence-corrected chi connectivity index (χ0v) is 14.7. The van der Waals surface area contributed by atoms with Gasteiger partial charge in [-0.25, -0.2) is 4.39 Å². The van der Waals surface area contributed by atoms with Gasteiger partial charge in [0.2, 0.25) is 0 Å². The molecule has 0 atom stereocenters. The molecule has 134 valence electrons. The number of anilines is 2. The molecule has 2 aliphatic rings. The number of carbonyl (C=O) groups excluding carboxylic acids is 2. The number of hydrogen-bond donors (Lipinski definition) is 0. The summed E-state index contributed by atoms with van der Waals surface area (Å²) in [6.07, 6.45) is 0. The quantitative estimate of drug-likeness (QED) is 0.776. The molecular weight excluding hydrogens is 357 g/mol. The van der Waals surface area contributed by atoms with Crippen LogP contribution < -0.4 is 9.80 Å². The first-order chi connectivity index (χ1) is 12.5. The molecule has 7 heteroatoms. The Bertz CT molecular complexity index is 864. The maximum Gasteiger partial charge on any atom is 0.300 e. The van der Waals surface area contributed by atoms with Gasteiger partial charge in [0.25, 0.3) is 5.78 Å². The lowest BCUT2D eigenvalue weighted by atomic mass is 10.1. The zero-order chi connectivity index (χ0) is 18.3. The average molecular weight is 374 g/mol. The van der Waals surface area contributed by atoms with E-state index in [9.17, 15) is 14.0 Å². The Kier molecular flexibility index (Phi) is 4.38. The van der Waals surface area contributed by atoms with E-state index in [1.807, 2.05) is 0 Å². The van der Waals surface area contributed by atoms with Crippen LogP contribution in [-0.2, 0) is 4.79 Å². The van der Waals surface area contributed by atoms with Gasteiger partial charge in [-0.05, 0) is 42.5 Å². The summed E-state index contributed by atoms with van der Waals surface area (Å²) in [4.78, 5) is 30.3. The maximum atomic E-state index is 13.1. The number of ketones is 1. The van der Waals surface area contributed by atoms with Crippen LogP contribution in [0.2, 0.25) is 5.02 Å². The topological polar surface area (TPSA) is 43.9 Å². The number of halogens is 2. The van der Waals surface area contributed by atoms with Crippen molar-refractivity contribution in [3.05, 3.63) is 58.9 Å².